The van der Waals surface area contributed by atoms with Crippen molar-refractivity contribution in [3.8, 4) is 0 Å². The van der Waals surface area contributed by atoms with Gasteiger partial charge in [0.25, 0.3) is 0 Å². The minimum atomic E-state index is 0.788. The molecule has 94 valence electrons. The van der Waals surface area contributed by atoms with E-state index in [-0.39, 0.29) is 0 Å². The zero-order valence-corrected chi connectivity index (χ0v) is 11.3. The number of hydrogen-bond acceptors (Lipinski definition) is 0. The summed E-state index contributed by atoms with van der Waals surface area (Å²) in [4.78, 5) is 0. The van der Waals surface area contributed by atoms with Crippen molar-refractivity contribution in [1.29, 1.82) is 0 Å². The van der Waals surface area contributed by atoms with E-state index in [2.05, 4.69) is 55.5 Å². The van der Waals surface area contributed by atoms with Gasteiger partial charge in [0.05, 0.1) is 0 Å². The van der Waals surface area contributed by atoms with Crippen molar-refractivity contribution in [2.24, 2.45) is 5.92 Å². The largest absolute Gasteiger partial charge is 0.0767 e. The Hall–Kier alpha value is -1.82. The Bertz CT molecular complexity index is 856. The fourth-order valence-corrected chi connectivity index (χ4v) is 3.52. The zero-order valence-electron chi connectivity index (χ0n) is 11.3. The molecule has 2 aliphatic rings. The van der Waals surface area contributed by atoms with Crippen LogP contribution in [0.1, 0.15) is 24.5 Å². The zero-order chi connectivity index (χ0) is 12.8. The van der Waals surface area contributed by atoms with Gasteiger partial charge in [-0.05, 0) is 57.2 Å². The van der Waals surface area contributed by atoms with Gasteiger partial charge >= 0.3 is 0 Å². The molecule has 0 aromatic heterocycles. The van der Waals surface area contributed by atoms with Gasteiger partial charge in [-0.15, -0.1) is 0 Å². The molecule has 0 spiro atoms. The topological polar surface area (TPSA) is 0 Å². The lowest BCUT2D eigenvalue weighted by atomic mass is 9.85. The van der Waals surface area contributed by atoms with Crippen LogP contribution in [0, 0.1) is 16.4 Å². The molecule has 0 bridgehead atoms. The molecule has 1 atom stereocenters. The van der Waals surface area contributed by atoms with Crippen molar-refractivity contribution in [2.45, 2.75) is 26.2 Å². The van der Waals surface area contributed by atoms with Gasteiger partial charge in [-0.3, -0.25) is 0 Å². The van der Waals surface area contributed by atoms with Crippen molar-refractivity contribution < 1.29 is 0 Å². The number of hydrogen-bond donors (Lipinski definition) is 0. The van der Waals surface area contributed by atoms with Crippen molar-refractivity contribution >= 4 is 12.2 Å². The predicted molar refractivity (Wildman–Crippen MR) is 79.9 cm³/mol. The molecule has 2 aromatic carbocycles. The summed E-state index contributed by atoms with van der Waals surface area (Å²) < 4.78 is 0. The highest BCUT2D eigenvalue weighted by molar-refractivity contribution is 5.47. The molecule has 0 heteroatoms. The first kappa shape index (κ1) is 11.0. The van der Waals surface area contributed by atoms with E-state index in [9.17, 15) is 0 Å². The van der Waals surface area contributed by atoms with Crippen LogP contribution in [0.4, 0.5) is 0 Å². The molecular weight excluding hydrogens is 228 g/mol. The average Bonchev–Trinajstić information content (AvgIpc) is 2.46. The minimum absolute atomic E-state index is 0.788. The van der Waals surface area contributed by atoms with Crippen LogP contribution in [0.15, 0.2) is 36.4 Å². The number of rotatable bonds is 0. The minimum Gasteiger partial charge on any atom is -0.0767 e. The van der Waals surface area contributed by atoms with Crippen LogP contribution in [-0.2, 0) is 12.8 Å². The van der Waals surface area contributed by atoms with Gasteiger partial charge in [0, 0.05) is 0 Å². The molecule has 4 rings (SSSR count). The molecule has 2 aromatic rings. The molecule has 2 aliphatic carbocycles. The summed E-state index contributed by atoms with van der Waals surface area (Å²) >= 11 is 0. The van der Waals surface area contributed by atoms with Gasteiger partial charge in [0.1, 0.15) is 0 Å². The predicted octanol–water partition coefficient (Wildman–Crippen LogP) is 2.67. The summed E-state index contributed by atoms with van der Waals surface area (Å²) in [6.07, 6.45) is 8.37. The fourth-order valence-electron chi connectivity index (χ4n) is 3.52. The summed E-state index contributed by atoms with van der Waals surface area (Å²) in [5, 5.41) is 5.73. The third kappa shape index (κ3) is 1.67. The monoisotopic (exact) mass is 246 g/mol. The normalized spacial score (nSPS) is 19.5. The van der Waals surface area contributed by atoms with Gasteiger partial charge in [-0.2, -0.15) is 0 Å². The van der Waals surface area contributed by atoms with Crippen LogP contribution in [0.2, 0.25) is 0 Å². The Kier molecular flexibility index (Phi) is 2.38. The van der Waals surface area contributed by atoms with E-state index in [1.807, 2.05) is 0 Å². The van der Waals surface area contributed by atoms with Gasteiger partial charge in [0.2, 0.25) is 0 Å². The summed E-state index contributed by atoms with van der Waals surface area (Å²) in [5.41, 5.74) is 3.17. The van der Waals surface area contributed by atoms with Crippen LogP contribution >= 0.6 is 0 Å². The molecule has 0 nitrogen and oxygen atoms in total. The Morgan fingerprint density at radius 1 is 0.842 bits per heavy atom. The summed E-state index contributed by atoms with van der Waals surface area (Å²) in [6.45, 7) is 2.36. The maximum absolute atomic E-state index is 2.42. The molecule has 0 saturated carbocycles. The highest BCUT2D eigenvalue weighted by atomic mass is 14.2. The average molecular weight is 246 g/mol. The lowest BCUT2D eigenvalue weighted by Crippen LogP contribution is -2.22. The van der Waals surface area contributed by atoms with E-state index in [4.69, 9.17) is 0 Å². The lowest BCUT2D eigenvalue weighted by molar-refractivity contribution is 0.587. The molecule has 0 unspecified atom stereocenters. The van der Waals surface area contributed by atoms with Gasteiger partial charge in [-0.1, -0.05) is 55.5 Å². The molecule has 0 radical (unpaired) electrons. The molecule has 0 aliphatic heterocycles. The van der Waals surface area contributed by atoms with Crippen LogP contribution in [0.25, 0.3) is 12.2 Å². The molecule has 0 fully saturated rings. The lowest BCUT2D eigenvalue weighted by Gasteiger charge is -2.20. The summed E-state index contributed by atoms with van der Waals surface area (Å²) in [7, 11) is 0. The van der Waals surface area contributed by atoms with E-state index in [0.29, 0.717) is 0 Å². The highest BCUT2D eigenvalue weighted by Gasteiger charge is 2.14. The van der Waals surface area contributed by atoms with Crippen LogP contribution in [-0.4, -0.2) is 0 Å². The first-order valence-corrected chi connectivity index (χ1v) is 7.23. The SMILES string of the molecule is C[C@H]1CC=c2ccc3c(c2C1)CC=c1ccccc1=3. The smallest absolute Gasteiger partial charge is 0.00791 e. The first-order valence-electron chi connectivity index (χ1n) is 7.23. The third-order valence-corrected chi connectivity index (χ3v) is 4.54. The Labute approximate surface area is 113 Å². The van der Waals surface area contributed by atoms with Crippen molar-refractivity contribution in [3.63, 3.8) is 0 Å². The maximum atomic E-state index is 2.42. The van der Waals surface area contributed by atoms with Crippen molar-refractivity contribution in [2.75, 3.05) is 0 Å². The molecule has 0 amide bonds. The van der Waals surface area contributed by atoms with Crippen molar-refractivity contribution in [1.82, 2.24) is 0 Å². The Morgan fingerprint density at radius 3 is 2.68 bits per heavy atom. The molecular formula is C19H18. The van der Waals surface area contributed by atoms with Crippen LogP contribution in [0.5, 0.6) is 0 Å². The number of fused-ring (bicyclic) bond motifs is 4. The van der Waals surface area contributed by atoms with E-state index in [1.165, 1.54) is 33.7 Å². The quantitative estimate of drug-likeness (QED) is 0.670. The van der Waals surface area contributed by atoms with E-state index < -0.39 is 0 Å². The second-order valence-corrected chi connectivity index (χ2v) is 5.90. The second-order valence-electron chi connectivity index (χ2n) is 5.90. The molecule has 0 N–H and O–H groups in total. The summed E-state index contributed by atoms with van der Waals surface area (Å²) in [5.74, 6) is 0.788. The number of benzene rings is 2. The van der Waals surface area contributed by atoms with Gasteiger partial charge < -0.3 is 0 Å². The maximum Gasteiger partial charge on any atom is -0.00791 e. The molecule has 0 heterocycles. The standard InChI is InChI=1S/C19H18/c1-13-6-7-15-9-10-17-16-5-3-2-4-14(16)8-11-18(17)19(15)12-13/h2-5,7-10,13H,6,11-12H2,1H3/t13-/m0/s1. The summed E-state index contributed by atoms with van der Waals surface area (Å²) in [6, 6.07) is 13.4. The third-order valence-electron chi connectivity index (χ3n) is 4.54. The molecule has 19 heavy (non-hydrogen) atoms. The van der Waals surface area contributed by atoms with E-state index in [1.54, 1.807) is 11.1 Å². The molecule has 0 saturated heterocycles. The van der Waals surface area contributed by atoms with Crippen molar-refractivity contribution in [3.05, 3.63) is 68.4 Å². The van der Waals surface area contributed by atoms with Gasteiger partial charge in [-0.25, -0.2) is 0 Å². The fraction of sp³-hybridized carbons (Fsp3) is 0.263. The first-order chi connectivity index (χ1) is 9.33. The highest BCUT2D eigenvalue weighted by Crippen LogP contribution is 2.20. The second kappa shape index (κ2) is 4.09. The Balaban J connectivity index is 2.18. The Morgan fingerprint density at radius 2 is 1.74 bits per heavy atom. The van der Waals surface area contributed by atoms with E-state index in [0.717, 1.165) is 12.3 Å². The van der Waals surface area contributed by atoms with Gasteiger partial charge in [0.15, 0.2) is 0 Å². The van der Waals surface area contributed by atoms with Crippen LogP contribution < -0.4 is 10.4 Å². The van der Waals surface area contributed by atoms with Crippen LogP contribution in [0.3, 0.4) is 0 Å². The van der Waals surface area contributed by atoms with E-state index >= 15 is 0 Å².